The van der Waals surface area contributed by atoms with E-state index >= 15 is 0 Å². The zero-order valence-electron chi connectivity index (χ0n) is 10.9. The van der Waals surface area contributed by atoms with Crippen molar-refractivity contribution >= 4 is 10.9 Å². The molecule has 0 radical (unpaired) electrons. The van der Waals surface area contributed by atoms with Crippen molar-refractivity contribution < 1.29 is 0 Å². The lowest BCUT2D eigenvalue weighted by Gasteiger charge is -2.27. The van der Waals surface area contributed by atoms with Crippen LogP contribution in [0.1, 0.15) is 0 Å². The number of aromatic nitrogens is 2. The molecule has 0 unspecified atom stereocenters. The Morgan fingerprint density at radius 1 is 1.16 bits per heavy atom. The lowest BCUT2D eigenvalue weighted by atomic mass is 10.2. The van der Waals surface area contributed by atoms with Gasteiger partial charge in [-0.25, -0.2) is 0 Å². The second-order valence-corrected chi connectivity index (χ2v) is 4.85. The van der Waals surface area contributed by atoms with Crippen LogP contribution in [0, 0.1) is 0 Å². The minimum atomic E-state index is -0.144. The first-order valence-electron chi connectivity index (χ1n) is 6.72. The molecule has 19 heavy (non-hydrogen) atoms. The molecular weight excluding hydrogens is 240 g/mol. The molecule has 1 aliphatic heterocycles. The molecule has 1 fully saturated rings. The number of rotatable bonds is 3. The van der Waals surface area contributed by atoms with Gasteiger partial charge in [0.05, 0.1) is 17.2 Å². The van der Waals surface area contributed by atoms with Gasteiger partial charge in [-0.05, 0) is 12.1 Å². The quantitative estimate of drug-likeness (QED) is 0.860. The van der Waals surface area contributed by atoms with E-state index in [2.05, 4.69) is 19.8 Å². The molecule has 0 spiro atoms. The van der Waals surface area contributed by atoms with E-state index in [0.717, 1.165) is 44.8 Å². The normalized spacial score (nSPS) is 16.8. The van der Waals surface area contributed by atoms with Crippen LogP contribution >= 0.6 is 0 Å². The van der Waals surface area contributed by atoms with Crippen LogP contribution in [0.3, 0.4) is 0 Å². The minimum absolute atomic E-state index is 0.144. The van der Waals surface area contributed by atoms with Crippen molar-refractivity contribution in [2.45, 2.75) is 6.54 Å². The first-order chi connectivity index (χ1) is 9.34. The van der Waals surface area contributed by atoms with Gasteiger partial charge in [0.25, 0.3) is 5.56 Å². The zero-order valence-corrected chi connectivity index (χ0v) is 10.9. The third-order valence-electron chi connectivity index (χ3n) is 3.63. The fourth-order valence-electron chi connectivity index (χ4n) is 2.52. The molecule has 100 valence electrons. The van der Waals surface area contributed by atoms with Crippen LogP contribution in [0.25, 0.3) is 10.9 Å². The SMILES string of the molecule is O=c1ncn(CCN2CCNCC2)c2ccccc12. The summed E-state index contributed by atoms with van der Waals surface area (Å²) in [5.74, 6) is 0. The molecule has 2 aromatic rings. The van der Waals surface area contributed by atoms with E-state index in [9.17, 15) is 4.79 Å². The number of hydrogen-bond donors (Lipinski definition) is 1. The maximum absolute atomic E-state index is 11.7. The van der Waals surface area contributed by atoms with Crippen LogP contribution in [-0.2, 0) is 6.54 Å². The van der Waals surface area contributed by atoms with Crippen molar-refractivity contribution in [3.8, 4) is 0 Å². The summed E-state index contributed by atoms with van der Waals surface area (Å²) < 4.78 is 2.07. The maximum atomic E-state index is 11.7. The Morgan fingerprint density at radius 2 is 1.95 bits per heavy atom. The fourth-order valence-corrected chi connectivity index (χ4v) is 2.52. The van der Waals surface area contributed by atoms with Gasteiger partial charge in [0.1, 0.15) is 0 Å². The Hall–Kier alpha value is -1.72. The van der Waals surface area contributed by atoms with Crippen LogP contribution < -0.4 is 10.9 Å². The van der Waals surface area contributed by atoms with Crippen molar-refractivity contribution in [2.75, 3.05) is 32.7 Å². The molecule has 1 N–H and O–H groups in total. The lowest BCUT2D eigenvalue weighted by molar-refractivity contribution is 0.233. The van der Waals surface area contributed by atoms with Gasteiger partial charge in [-0.2, -0.15) is 4.98 Å². The van der Waals surface area contributed by atoms with Gasteiger partial charge in [-0.15, -0.1) is 0 Å². The average molecular weight is 258 g/mol. The highest BCUT2D eigenvalue weighted by Crippen LogP contribution is 2.08. The predicted octanol–water partition coefficient (Wildman–Crippen LogP) is 0.302. The molecule has 1 aromatic heterocycles. The van der Waals surface area contributed by atoms with Crippen molar-refractivity contribution in [1.82, 2.24) is 19.8 Å². The van der Waals surface area contributed by atoms with Crippen LogP contribution in [0.15, 0.2) is 35.4 Å². The molecule has 1 aliphatic rings. The summed E-state index contributed by atoms with van der Waals surface area (Å²) in [4.78, 5) is 18.1. The molecular formula is C14H18N4O. The minimum Gasteiger partial charge on any atom is -0.330 e. The fraction of sp³-hybridized carbons (Fsp3) is 0.429. The van der Waals surface area contributed by atoms with E-state index in [1.807, 2.05) is 24.3 Å². The number of nitrogens with one attached hydrogen (secondary N) is 1. The van der Waals surface area contributed by atoms with Gasteiger partial charge >= 0.3 is 0 Å². The summed E-state index contributed by atoms with van der Waals surface area (Å²) >= 11 is 0. The van der Waals surface area contributed by atoms with E-state index in [4.69, 9.17) is 0 Å². The summed E-state index contributed by atoms with van der Waals surface area (Å²) in [6, 6.07) is 7.66. The highest BCUT2D eigenvalue weighted by atomic mass is 16.1. The van der Waals surface area contributed by atoms with Crippen molar-refractivity contribution in [2.24, 2.45) is 0 Å². The lowest BCUT2D eigenvalue weighted by Crippen LogP contribution is -2.44. The maximum Gasteiger partial charge on any atom is 0.280 e. The number of nitrogens with zero attached hydrogens (tertiary/aromatic N) is 3. The summed E-state index contributed by atoms with van der Waals surface area (Å²) in [6.07, 6.45) is 1.66. The molecule has 1 saturated heterocycles. The Morgan fingerprint density at radius 3 is 2.79 bits per heavy atom. The standard InChI is InChI=1S/C14H18N4O/c19-14-12-3-1-2-4-13(12)18(11-16-14)10-9-17-7-5-15-6-8-17/h1-4,11,15H,5-10H2. The van der Waals surface area contributed by atoms with Crippen LogP contribution in [0.5, 0.6) is 0 Å². The Labute approximate surface area is 111 Å². The first-order valence-corrected chi connectivity index (χ1v) is 6.72. The summed E-state index contributed by atoms with van der Waals surface area (Å²) in [7, 11) is 0. The summed E-state index contributed by atoms with van der Waals surface area (Å²) in [5.41, 5.74) is 0.826. The second-order valence-electron chi connectivity index (χ2n) is 4.85. The monoisotopic (exact) mass is 258 g/mol. The van der Waals surface area contributed by atoms with E-state index in [1.165, 1.54) is 0 Å². The number of para-hydroxylation sites is 1. The molecule has 0 amide bonds. The topological polar surface area (TPSA) is 50.2 Å². The van der Waals surface area contributed by atoms with E-state index in [1.54, 1.807) is 6.33 Å². The van der Waals surface area contributed by atoms with Crippen molar-refractivity contribution in [3.63, 3.8) is 0 Å². The molecule has 0 aliphatic carbocycles. The van der Waals surface area contributed by atoms with Gasteiger partial charge in [0, 0.05) is 39.3 Å². The van der Waals surface area contributed by atoms with Gasteiger partial charge < -0.3 is 9.88 Å². The smallest absolute Gasteiger partial charge is 0.280 e. The summed E-state index contributed by atoms with van der Waals surface area (Å²) in [5, 5.41) is 4.05. The number of piperazine rings is 1. The Kier molecular flexibility index (Phi) is 3.57. The molecule has 3 rings (SSSR count). The van der Waals surface area contributed by atoms with Crippen molar-refractivity contribution in [3.05, 3.63) is 40.9 Å². The predicted molar refractivity (Wildman–Crippen MR) is 75.3 cm³/mol. The number of hydrogen-bond acceptors (Lipinski definition) is 4. The van der Waals surface area contributed by atoms with Crippen LogP contribution in [0.2, 0.25) is 0 Å². The molecule has 5 nitrogen and oxygen atoms in total. The van der Waals surface area contributed by atoms with Gasteiger partial charge in [0.15, 0.2) is 0 Å². The van der Waals surface area contributed by atoms with E-state index < -0.39 is 0 Å². The van der Waals surface area contributed by atoms with Gasteiger partial charge in [0.2, 0.25) is 0 Å². The summed E-state index contributed by atoms with van der Waals surface area (Å²) in [6.45, 7) is 6.16. The number of benzene rings is 1. The zero-order chi connectivity index (χ0) is 13.1. The number of fused-ring (bicyclic) bond motifs is 1. The highest BCUT2D eigenvalue weighted by Gasteiger charge is 2.09. The first kappa shape index (κ1) is 12.3. The van der Waals surface area contributed by atoms with E-state index in [-0.39, 0.29) is 5.56 Å². The average Bonchev–Trinajstić information content (AvgIpc) is 2.48. The third kappa shape index (κ3) is 2.67. The molecule has 0 atom stereocenters. The molecule has 0 saturated carbocycles. The molecule has 5 heteroatoms. The Balaban J connectivity index is 1.81. The van der Waals surface area contributed by atoms with Gasteiger partial charge in [-0.1, -0.05) is 12.1 Å². The molecule has 2 heterocycles. The largest absolute Gasteiger partial charge is 0.330 e. The van der Waals surface area contributed by atoms with E-state index in [0.29, 0.717) is 5.39 Å². The van der Waals surface area contributed by atoms with Crippen LogP contribution in [0.4, 0.5) is 0 Å². The Bertz CT molecular complexity index is 616. The highest BCUT2D eigenvalue weighted by molar-refractivity contribution is 5.77. The van der Waals surface area contributed by atoms with Crippen molar-refractivity contribution in [1.29, 1.82) is 0 Å². The van der Waals surface area contributed by atoms with Crippen LogP contribution in [-0.4, -0.2) is 47.2 Å². The second kappa shape index (κ2) is 5.50. The molecule has 1 aromatic carbocycles. The molecule has 0 bridgehead atoms. The third-order valence-corrected chi connectivity index (χ3v) is 3.63. The van der Waals surface area contributed by atoms with Gasteiger partial charge in [-0.3, -0.25) is 9.69 Å².